The van der Waals surface area contributed by atoms with Crippen molar-refractivity contribution < 1.29 is 9.90 Å². The summed E-state index contributed by atoms with van der Waals surface area (Å²) in [4.78, 5) is 14.2. The first-order chi connectivity index (χ1) is 5.52. The summed E-state index contributed by atoms with van der Waals surface area (Å²) in [5, 5.41) is 8.84. The highest BCUT2D eigenvalue weighted by Crippen LogP contribution is 2.20. The van der Waals surface area contributed by atoms with E-state index in [1.807, 2.05) is 22.6 Å². The predicted octanol–water partition coefficient (Wildman–Crippen LogP) is 1.62. The van der Waals surface area contributed by atoms with Crippen molar-refractivity contribution in [3.63, 3.8) is 0 Å². The number of aromatic nitrogens is 1. The van der Waals surface area contributed by atoms with Gasteiger partial charge >= 0.3 is 5.97 Å². The van der Waals surface area contributed by atoms with Crippen LogP contribution in [0.2, 0.25) is 5.15 Å². The first-order valence-electron chi connectivity index (χ1n) is 2.87. The van der Waals surface area contributed by atoms with Gasteiger partial charge in [0.15, 0.2) is 0 Å². The van der Waals surface area contributed by atoms with Crippen LogP contribution in [0.4, 0.5) is 5.82 Å². The third kappa shape index (κ3) is 1.78. The zero-order valence-corrected chi connectivity index (χ0v) is 8.63. The number of nitrogens with zero attached hydrogens (tertiary/aromatic N) is 1. The summed E-state index contributed by atoms with van der Waals surface area (Å²) in [6.07, 6.45) is 0. The zero-order chi connectivity index (χ0) is 9.30. The Hall–Kier alpha value is -0.560. The van der Waals surface area contributed by atoms with E-state index >= 15 is 0 Å². The molecule has 0 fully saturated rings. The van der Waals surface area contributed by atoms with Crippen LogP contribution in [-0.2, 0) is 0 Å². The molecule has 0 bridgehead atoms. The van der Waals surface area contributed by atoms with E-state index in [1.165, 1.54) is 6.07 Å². The Balaban J connectivity index is 3.33. The van der Waals surface area contributed by atoms with Gasteiger partial charge in [-0.05, 0) is 28.7 Å². The van der Waals surface area contributed by atoms with Crippen molar-refractivity contribution in [2.45, 2.75) is 0 Å². The smallest absolute Gasteiger partial charge is 0.339 e. The van der Waals surface area contributed by atoms with E-state index in [2.05, 4.69) is 4.98 Å². The highest BCUT2D eigenvalue weighted by Gasteiger charge is 2.11. The van der Waals surface area contributed by atoms with Crippen LogP contribution in [0, 0.1) is 3.57 Å². The topological polar surface area (TPSA) is 76.2 Å². The van der Waals surface area contributed by atoms with E-state index < -0.39 is 5.97 Å². The van der Waals surface area contributed by atoms with E-state index in [0.29, 0.717) is 3.57 Å². The Bertz CT molecular complexity index is 343. The molecule has 0 aromatic carbocycles. The van der Waals surface area contributed by atoms with Crippen LogP contribution < -0.4 is 5.73 Å². The number of carbonyl (C=O) groups is 1. The number of aromatic carboxylic acids is 1. The Morgan fingerprint density at radius 2 is 2.33 bits per heavy atom. The molecular weight excluding hydrogens is 294 g/mol. The summed E-state index contributed by atoms with van der Waals surface area (Å²) < 4.78 is 0.570. The third-order valence-corrected chi connectivity index (χ3v) is 2.62. The van der Waals surface area contributed by atoms with Crippen LogP contribution in [0.15, 0.2) is 6.07 Å². The maximum Gasteiger partial charge on any atom is 0.339 e. The van der Waals surface area contributed by atoms with Gasteiger partial charge in [-0.3, -0.25) is 0 Å². The summed E-state index contributed by atoms with van der Waals surface area (Å²) in [5.41, 5.74) is 5.29. The van der Waals surface area contributed by atoms with E-state index in [1.54, 1.807) is 0 Å². The van der Waals surface area contributed by atoms with Crippen LogP contribution in [0.3, 0.4) is 0 Å². The number of carboxylic acids is 1. The second-order valence-electron chi connectivity index (χ2n) is 2.00. The first kappa shape index (κ1) is 9.53. The number of hydrogen-bond donors (Lipinski definition) is 2. The summed E-state index contributed by atoms with van der Waals surface area (Å²) >= 11 is 7.49. The molecule has 3 N–H and O–H groups in total. The van der Waals surface area contributed by atoms with Gasteiger partial charge in [0.25, 0.3) is 0 Å². The van der Waals surface area contributed by atoms with Crippen molar-refractivity contribution in [1.29, 1.82) is 0 Å². The standard InChI is InChI=1S/C6H4ClIN2O2/c7-4-3(8)1-2(6(11)12)5(9)10-4/h1H,(H2,9,10)(H,11,12). The van der Waals surface area contributed by atoms with E-state index in [9.17, 15) is 4.79 Å². The third-order valence-electron chi connectivity index (χ3n) is 1.19. The Kier molecular flexibility index (Phi) is 2.73. The van der Waals surface area contributed by atoms with Gasteiger partial charge in [-0.15, -0.1) is 0 Å². The van der Waals surface area contributed by atoms with Gasteiger partial charge in [-0.2, -0.15) is 0 Å². The molecule has 0 spiro atoms. The SMILES string of the molecule is Nc1nc(Cl)c(I)cc1C(=O)O. The number of halogens is 2. The normalized spacial score (nSPS) is 9.83. The Morgan fingerprint density at radius 3 is 2.83 bits per heavy atom. The molecule has 1 heterocycles. The molecule has 1 rings (SSSR count). The van der Waals surface area contributed by atoms with Crippen LogP contribution in [0.5, 0.6) is 0 Å². The molecule has 12 heavy (non-hydrogen) atoms. The molecule has 1 aromatic rings. The van der Waals surface area contributed by atoms with Crippen molar-refractivity contribution in [1.82, 2.24) is 4.98 Å². The van der Waals surface area contributed by atoms with Crippen LogP contribution >= 0.6 is 34.2 Å². The van der Waals surface area contributed by atoms with E-state index in [0.717, 1.165) is 0 Å². The lowest BCUT2D eigenvalue weighted by Gasteiger charge is -2.01. The van der Waals surface area contributed by atoms with Crippen molar-refractivity contribution in [3.05, 3.63) is 20.4 Å². The van der Waals surface area contributed by atoms with Crippen LogP contribution in [-0.4, -0.2) is 16.1 Å². The van der Waals surface area contributed by atoms with Crippen LogP contribution in [0.25, 0.3) is 0 Å². The number of rotatable bonds is 1. The van der Waals surface area contributed by atoms with Gasteiger partial charge < -0.3 is 10.8 Å². The highest BCUT2D eigenvalue weighted by atomic mass is 127. The second-order valence-corrected chi connectivity index (χ2v) is 3.52. The minimum atomic E-state index is -1.10. The van der Waals surface area contributed by atoms with Gasteiger partial charge in [0.05, 0.1) is 3.57 Å². The number of hydrogen-bond acceptors (Lipinski definition) is 3. The lowest BCUT2D eigenvalue weighted by Crippen LogP contribution is -2.05. The molecule has 0 aliphatic carbocycles. The molecule has 0 radical (unpaired) electrons. The monoisotopic (exact) mass is 298 g/mol. The molecule has 0 saturated heterocycles. The van der Waals surface area contributed by atoms with Crippen molar-refractivity contribution >= 4 is 46.0 Å². The number of carboxylic acid groups (broad SMARTS) is 1. The maximum atomic E-state index is 10.5. The Labute approximate surface area is 86.9 Å². The van der Waals surface area contributed by atoms with E-state index in [4.69, 9.17) is 22.4 Å². The molecule has 0 amide bonds. The van der Waals surface area contributed by atoms with Gasteiger partial charge in [-0.1, -0.05) is 11.6 Å². The van der Waals surface area contributed by atoms with Crippen molar-refractivity contribution in [3.8, 4) is 0 Å². The minimum absolute atomic E-state index is 0.0243. The summed E-state index contributed by atoms with van der Waals surface area (Å²) in [6.45, 7) is 0. The molecule has 0 unspecified atom stereocenters. The quantitative estimate of drug-likeness (QED) is 0.610. The minimum Gasteiger partial charge on any atom is -0.478 e. The average molecular weight is 298 g/mol. The molecule has 0 aliphatic rings. The van der Waals surface area contributed by atoms with Gasteiger partial charge in [0.1, 0.15) is 16.5 Å². The summed E-state index contributed by atoms with van der Waals surface area (Å²) in [5.74, 6) is -1.16. The Morgan fingerprint density at radius 1 is 1.75 bits per heavy atom. The fourth-order valence-electron chi connectivity index (χ4n) is 0.651. The first-order valence-corrected chi connectivity index (χ1v) is 4.33. The molecule has 64 valence electrons. The lowest BCUT2D eigenvalue weighted by atomic mass is 10.3. The highest BCUT2D eigenvalue weighted by molar-refractivity contribution is 14.1. The van der Waals surface area contributed by atoms with Gasteiger partial charge in [0.2, 0.25) is 0 Å². The molecule has 1 aromatic heterocycles. The molecule has 4 nitrogen and oxygen atoms in total. The second kappa shape index (κ2) is 3.44. The summed E-state index contributed by atoms with van der Waals surface area (Å²) in [7, 11) is 0. The van der Waals surface area contributed by atoms with Gasteiger partial charge in [-0.25, -0.2) is 9.78 Å². The molecule has 0 atom stereocenters. The average Bonchev–Trinajstić information content (AvgIpc) is 1.96. The molecule has 0 saturated carbocycles. The van der Waals surface area contributed by atoms with Gasteiger partial charge in [0, 0.05) is 0 Å². The van der Waals surface area contributed by atoms with E-state index in [-0.39, 0.29) is 16.5 Å². The van der Waals surface area contributed by atoms with Crippen molar-refractivity contribution in [2.75, 3.05) is 5.73 Å². The number of nitrogens with two attached hydrogens (primary N) is 1. The fraction of sp³-hybridized carbons (Fsp3) is 0. The van der Waals surface area contributed by atoms with Crippen LogP contribution in [0.1, 0.15) is 10.4 Å². The van der Waals surface area contributed by atoms with Crippen molar-refractivity contribution in [2.24, 2.45) is 0 Å². The predicted molar refractivity (Wildman–Crippen MR) is 53.3 cm³/mol. The zero-order valence-electron chi connectivity index (χ0n) is 5.71. The summed E-state index contributed by atoms with van der Waals surface area (Å²) in [6, 6.07) is 1.38. The number of anilines is 1. The largest absolute Gasteiger partial charge is 0.478 e. The fourth-order valence-corrected chi connectivity index (χ4v) is 1.23. The molecule has 0 aliphatic heterocycles. The maximum absolute atomic E-state index is 10.5. The lowest BCUT2D eigenvalue weighted by molar-refractivity contribution is 0.0697. The number of nitrogen functional groups attached to an aromatic ring is 1. The molecular formula is C6H4ClIN2O2. The number of pyridine rings is 1. The molecule has 6 heteroatoms.